The van der Waals surface area contributed by atoms with E-state index in [2.05, 4.69) is 36.5 Å². The van der Waals surface area contributed by atoms with Gasteiger partial charge in [-0.15, -0.1) is 12.4 Å². The van der Waals surface area contributed by atoms with Gasteiger partial charge >= 0.3 is 0 Å². The summed E-state index contributed by atoms with van der Waals surface area (Å²) in [5.41, 5.74) is 10.1. The molecule has 0 saturated carbocycles. The van der Waals surface area contributed by atoms with E-state index in [-0.39, 0.29) is 18.3 Å². The molecular formula is C17H21ClN2O. The Morgan fingerprint density at radius 3 is 2.38 bits per heavy atom. The molecule has 3 nitrogen and oxygen atoms in total. The van der Waals surface area contributed by atoms with E-state index in [4.69, 9.17) is 5.73 Å². The number of aryl methyl sites for hydroxylation is 1. The van der Waals surface area contributed by atoms with Crippen LogP contribution in [0.1, 0.15) is 17.5 Å². The van der Waals surface area contributed by atoms with E-state index in [1.807, 2.05) is 24.3 Å². The van der Waals surface area contributed by atoms with Crippen LogP contribution in [0.25, 0.3) is 11.1 Å². The Morgan fingerprint density at radius 2 is 1.76 bits per heavy atom. The molecule has 0 saturated heterocycles. The van der Waals surface area contributed by atoms with E-state index >= 15 is 0 Å². The minimum atomic E-state index is -0.00418. The number of hydrogen-bond acceptors (Lipinski definition) is 2. The predicted molar refractivity (Wildman–Crippen MR) is 89.4 cm³/mol. The van der Waals surface area contributed by atoms with Crippen LogP contribution in [-0.2, 0) is 11.3 Å². The normalized spacial score (nSPS) is 9.81. The lowest BCUT2D eigenvalue weighted by atomic mass is 10.00. The molecule has 4 heteroatoms. The van der Waals surface area contributed by atoms with Gasteiger partial charge in [0.05, 0.1) is 0 Å². The zero-order valence-corrected chi connectivity index (χ0v) is 13.0. The molecule has 2 aromatic rings. The van der Waals surface area contributed by atoms with E-state index in [9.17, 15) is 4.79 Å². The first kappa shape index (κ1) is 17.2. The van der Waals surface area contributed by atoms with Crippen LogP contribution in [0.4, 0.5) is 0 Å². The summed E-state index contributed by atoms with van der Waals surface area (Å²) in [5.74, 6) is -0.00418. The van der Waals surface area contributed by atoms with Gasteiger partial charge in [0.25, 0.3) is 0 Å². The monoisotopic (exact) mass is 304 g/mol. The van der Waals surface area contributed by atoms with Crippen molar-refractivity contribution in [2.45, 2.75) is 19.9 Å². The second-order valence-electron chi connectivity index (χ2n) is 4.83. The summed E-state index contributed by atoms with van der Waals surface area (Å²) >= 11 is 0. The van der Waals surface area contributed by atoms with E-state index in [1.54, 1.807) is 0 Å². The van der Waals surface area contributed by atoms with E-state index in [1.165, 1.54) is 16.7 Å². The smallest absolute Gasteiger partial charge is 0.221 e. The molecule has 3 N–H and O–H groups in total. The molecule has 0 heterocycles. The van der Waals surface area contributed by atoms with Gasteiger partial charge in [0.2, 0.25) is 5.91 Å². The van der Waals surface area contributed by atoms with Crippen molar-refractivity contribution in [1.82, 2.24) is 5.32 Å². The largest absolute Gasteiger partial charge is 0.352 e. The summed E-state index contributed by atoms with van der Waals surface area (Å²) < 4.78 is 0. The van der Waals surface area contributed by atoms with Gasteiger partial charge in [-0.25, -0.2) is 0 Å². The van der Waals surface area contributed by atoms with Gasteiger partial charge in [0.1, 0.15) is 0 Å². The maximum atomic E-state index is 11.4. The van der Waals surface area contributed by atoms with Crippen LogP contribution < -0.4 is 11.1 Å². The van der Waals surface area contributed by atoms with Crippen molar-refractivity contribution in [3.05, 3.63) is 59.7 Å². The van der Waals surface area contributed by atoms with Crippen molar-refractivity contribution >= 4 is 18.3 Å². The third-order valence-corrected chi connectivity index (χ3v) is 3.27. The summed E-state index contributed by atoms with van der Waals surface area (Å²) in [4.78, 5) is 11.4. The second-order valence-corrected chi connectivity index (χ2v) is 4.83. The van der Waals surface area contributed by atoms with Crippen LogP contribution >= 0.6 is 12.4 Å². The Kier molecular flexibility index (Phi) is 6.92. The number of amides is 1. The van der Waals surface area contributed by atoms with Crippen molar-refractivity contribution < 1.29 is 4.79 Å². The molecule has 0 aromatic heterocycles. The van der Waals surface area contributed by atoms with E-state index < -0.39 is 0 Å². The molecule has 0 aliphatic heterocycles. The highest BCUT2D eigenvalue weighted by atomic mass is 35.5. The third kappa shape index (κ3) is 4.88. The van der Waals surface area contributed by atoms with Crippen LogP contribution in [0.5, 0.6) is 0 Å². The Bertz CT molecular complexity index is 582. The highest BCUT2D eigenvalue weighted by Crippen LogP contribution is 2.23. The Morgan fingerprint density at radius 1 is 1.10 bits per heavy atom. The summed E-state index contributed by atoms with van der Waals surface area (Å²) in [7, 11) is 0. The molecule has 2 rings (SSSR count). The average molecular weight is 305 g/mol. The lowest BCUT2D eigenvalue weighted by molar-refractivity contribution is -0.121. The molecule has 0 radical (unpaired) electrons. The molecule has 21 heavy (non-hydrogen) atoms. The third-order valence-electron chi connectivity index (χ3n) is 3.27. The number of halogens is 1. The van der Waals surface area contributed by atoms with Gasteiger partial charge in [-0.05, 0) is 29.2 Å². The first-order chi connectivity index (χ1) is 9.70. The van der Waals surface area contributed by atoms with Gasteiger partial charge in [-0.2, -0.15) is 0 Å². The second kappa shape index (κ2) is 8.45. The number of hydrogen-bond donors (Lipinski definition) is 2. The Hall–Kier alpha value is -1.84. The topological polar surface area (TPSA) is 55.1 Å². The van der Waals surface area contributed by atoms with E-state index in [0.29, 0.717) is 19.5 Å². The number of rotatable bonds is 5. The molecule has 0 fully saturated rings. The molecule has 0 unspecified atom stereocenters. The Labute approximate surface area is 132 Å². The number of carbonyl (C=O) groups excluding carboxylic acids is 1. The van der Waals surface area contributed by atoms with Crippen molar-refractivity contribution in [3.8, 4) is 11.1 Å². The fourth-order valence-electron chi connectivity index (χ4n) is 2.12. The van der Waals surface area contributed by atoms with Crippen molar-refractivity contribution in [2.75, 3.05) is 6.54 Å². The fraction of sp³-hybridized carbons (Fsp3) is 0.235. The summed E-state index contributed by atoms with van der Waals surface area (Å²) in [6, 6.07) is 16.6. The van der Waals surface area contributed by atoms with E-state index in [0.717, 1.165) is 5.56 Å². The van der Waals surface area contributed by atoms with Crippen LogP contribution in [0, 0.1) is 6.92 Å². The van der Waals surface area contributed by atoms with Crippen molar-refractivity contribution in [3.63, 3.8) is 0 Å². The predicted octanol–water partition coefficient (Wildman–Crippen LogP) is 3.05. The van der Waals surface area contributed by atoms with Gasteiger partial charge in [0.15, 0.2) is 0 Å². The van der Waals surface area contributed by atoms with Gasteiger partial charge in [-0.1, -0.05) is 48.5 Å². The first-order valence-corrected chi connectivity index (χ1v) is 6.82. The van der Waals surface area contributed by atoms with Gasteiger partial charge in [-0.3, -0.25) is 4.79 Å². The number of carbonyl (C=O) groups is 1. The van der Waals surface area contributed by atoms with Crippen LogP contribution in [0.15, 0.2) is 48.5 Å². The lowest BCUT2D eigenvalue weighted by Crippen LogP contribution is -2.24. The summed E-state index contributed by atoms with van der Waals surface area (Å²) in [6.45, 7) is 3.04. The zero-order valence-electron chi connectivity index (χ0n) is 12.1. The van der Waals surface area contributed by atoms with Crippen LogP contribution in [0.3, 0.4) is 0 Å². The molecule has 0 bridgehead atoms. The molecule has 0 spiro atoms. The minimum absolute atomic E-state index is 0. The SMILES string of the molecule is Cc1ccccc1-c1ccc(CNC(=O)CCN)cc1.Cl. The average Bonchev–Trinajstić information content (AvgIpc) is 2.47. The molecule has 2 aromatic carbocycles. The molecular weight excluding hydrogens is 284 g/mol. The minimum Gasteiger partial charge on any atom is -0.352 e. The fourth-order valence-corrected chi connectivity index (χ4v) is 2.12. The molecule has 112 valence electrons. The first-order valence-electron chi connectivity index (χ1n) is 6.82. The number of nitrogens with two attached hydrogens (primary N) is 1. The highest BCUT2D eigenvalue weighted by molar-refractivity contribution is 5.85. The Balaban J connectivity index is 0.00000220. The summed E-state index contributed by atoms with van der Waals surface area (Å²) in [6.07, 6.45) is 0.376. The standard InChI is InChI=1S/C17H20N2O.ClH/c1-13-4-2-3-5-16(13)15-8-6-14(7-9-15)12-19-17(20)10-11-18;/h2-9H,10-12,18H2,1H3,(H,19,20);1H. The maximum absolute atomic E-state index is 11.4. The van der Waals surface area contributed by atoms with Crippen molar-refractivity contribution in [1.29, 1.82) is 0 Å². The highest BCUT2D eigenvalue weighted by Gasteiger charge is 2.02. The summed E-state index contributed by atoms with van der Waals surface area (Å²) in [5, 5.41) is 2.85. The molecule has 0 aliphatic carbocycles. The zero-order chi connectivity index (χ0) is 14.4. The van der Waals surface area contributed by atoms with Gasteiger partial charge in [0, 0.05) is 19.5 Å². The molecule has 0 aliphatic rings. The quantitative estimate of drug-likeness (QED) is 0.892. The molecule has 1 amide bonds. The number of benzene rings is 2. The van der Waals surface area contributed by atoms with Crippen LogP contribution in [-0.4, -0.2) is 12.5 Å². The maximum Gasteiger partial charge on any atom is 0.221 e. The van der Waals surface area contributed by atoms with Crippen molar-refractivity contribution in [2.24, 2.45) is 5.73 Å². The van der Waals surface area contributed by atoms with Crippen LogP contribution in [0.2, 0.25) is 0 Å². The lowest BCUT2D eigenvalue weighted by Gasteiger charge is -2.08. The number of nitrogens with one attached hydrogen (secondary N) is 1. The van der Waals surface area contributed by atoms with Gasteiger partial charge < -0.3 is 11.1 Å². The molecule has 0 atom stereocenters.